The molecule has 2 aromatic carbocycles. The number of amides is 1. The summed E-state index contributed by atoms with van der Waals surface area (Å²) in [5.74, 6) is 0.482. The van der Waals surface area contributed by atoms with Crippen molar-refractivity contribution in [2.24, 2.45) is 0 Å². The highest BCUT2D eigenvalue weighted by Crippen LogP contribution is 2.25. The van der Waals surface area contributed by atoms with Gasteiger partial charge in [0.2, 0.25) is 5.91 Å². The summed E-state index contributed by atoms with van der Waals surface area (Å²) < 4.78 is 6.39. The minimum Gasteiger partial charge on any atom is -0.497 e. The molecule has 1 atom stereocenters. The Labute approximate surface area is 189 Å². The number of ether oxygens (including phenoxy) is 1. The Bertz CT molecular complexity index is 1270. The van der Waals surface area contributed by atoms with Crippen LogP contribution in [0.4, 0.5) is 0 Å². The van der Waals surface area contributed by atoms with Crippen LogP contribution >= 0.6 is 11.3 Å². The molecular weight excluding hydrogens is 424 g/mol. The molecule has 4 rings (SSSR count). The third-order valence-electron chi connectivity index (χ3n) is 4.97. The van der Waals surface area contributed by atoms with Crippen LogP contribution in [-0.4, -0.2) is 27.8 Å². The highest BCUT2D eigenvalue weighted by molar-refractivity contribution is 7.13. The number of carbonyl (C=O) groups is 1. The van der Waals surface area contributed by atoms with Gasteiger partial charge >= 0.3 is 0 Å². The van der Waals surface area contributed by atoms with Crippen molar-refractivity contribution in [2.75, 3.05) is 7.11 Å². The van der Waals surface area contributed by atoms with E-state index in [1.807, 2.05) is 60.0 Å². The maximum atomic E-state index is 12.7. The van der Waals surface area contributed by atoms with Crippen molar-refractivity contribution in [1.29, 1.82) is 0 Å². The molecule has 2 aromatic heterocycles. The number of hydrogen-bond donors (Lipinski definition) is 1. The van der Waals surface area contributed by atoms with Crippen LogP contribution in [0.2, 0.25) is 0 Å². The Kier molecular flexibility index (Phi) is 6.42. The summed E-state index contributed by atoms with van der Waals surface area (Å²) in [6.07, 6.45) is 0. The summed E-state index contributed by atoms with van der Waals surface area (Å²) in [7, 11) is 1.63. The van der Waals surface area contributed by atoms with Gasteiger partial charge in [-0.05, 0) is 37.3 Å². The summed E-state index contributed by atoms with van der Waals surface area (Å²) in [6.45, 7) is 1.92. The van der Waals surface area contributed by atoms with Crippen LogP contribution < -0.4 is 15.6 Å². The predicted molar refractivity (Wildman–Crippen MR) is 125 cm³/mol. The summed E-state index contributed by atoms with van der Waals surface area (Å²) in [5.41, 5.74) is 2.91. The molecule has 0 aliphatic carbocycles. The van der Waals surface area contributed by atoms with Gasteiger partial charge in [0.1, 0.15) is 16.8 Å². The lowest BCUT2D eigenvalue weighted by molar-refractivity contribution is -0.124. The summed E-state index contributed by atoms with van der Waals surface area (Å²) in [5, 5.41) is 10.0. The van der Waals surface area contributed by atoms with E-state index in [2.05, 4.69) is 15.4 Å². The second kappa shape index (κ2) is 9.57. The zero-order valence-corrected chi connectivity index (χ0v) is 18.5. The highest BCUT2D eigenvalue weighted by Gasteiger charge is 2.18. The monoisotopic (exact) mass is 446 g/mol. The van der Waals surface area contributed by atoms with E-state index in [0.717, 1.165) is 27.6 Å². The molecule has 0 aliphatic heterocycles. The van der Waals surface area contributed by atoms with E-state index in [1.165, 1.54) is 22.1 Å². The van der Waals surface area contributed by atoms with Crippen LogP contribution in [0.15, 0.2) is 76.9 Å². The zero-order chi connectivity index (χ0) is 22.5. The highest BCUT2D eigenvalue weighted by atomic mass is 32.1. The third-order valence-corrected chi connectivity index (χ3v) is 5.91. The van der Waals surface area contributed by atoms with Gasteiger partial charge in [-0.25, -0.2) is 9.67 Å². The fourth-order valence-electron chi connectivity index (χ4n) is 3.16. The van der Waals surface area contributed by atoms with Gasteiger partial charge in [0, 0.05) is 22.6 Å². The Morgan fingerprint density at radius 2 is 1.81 bits per heavy atom. The molecule has 0 aliphatic rings. The molecule has 0 unspecified atom stereocenters. The minimum absolute atomic E-state index is 0.267. The van der Waals surface area contributed by atoms with Crippen molar-refractivity contribution in [3.8, 4) is 27.6 Å². The van der Waals surface area contributed by atoms with Gasteiger partial charge in [0.15, 0.2) is 0 Å². The number of benzene rings is 2. The molecule has 0 saturated heterocycles. The first-order chi connectivity index (χ1) is 15.5. The van der Waals surface area contributed by atoms with E-state index in [1.54, 1.807) is 20.1 Å². The van der Waals surface area contributed by atoms with Crippen molar-refractivity contribution in [2.45, 2.75) is 19.5 Å². The first-order valence-electron chi connectivity index (χ1n) is 10.1. The lowest BCUT2D eigenvalue weighted by Gasteiger charge is -2.14. The molecule has 7 nitrogen and oxygen atoms in total. The summed E-state index contributed by atoms with van der Waals surface area (Å²) in [4.78, 5) is 29.6. The van der Waals surface area contributed by atoms with Crippen LogP contribution in [-0.2, 0) is 11.3 Å². The molecule has 1 N–H and O–H groups in total. The van der Waals surface area contributed by atoms with Gasteiger partial charge in [0.25, 0.3) is 5.56 Å². The zero-order valence-electron chi connectivity index (χ0n) is 17.7. The molecule has 4 aromatic rings. The van der Waals surface area contributed by atoms with Crippen molar-refractivity contribution < 1.29 is 9.53 Å². The first-order valence-corrected chi connectivity index (χ1v) is 10.9. The normalized spacial score (nSPS) is 11.7. The van der Waals surface area contributed by atoms with Crippen molar-refractivity contribution in [3.63, 3.8) is 0 Å². The number of rotatable bonds is 7. The number of methoxy groups -OCH3 is 1. The Hall–Kier alpha value is -3.78. The second-order valence-electron chi connectivity index (χ2n) is 7.13. The van der Waals surface area contributed by atoms with Crippen LogP contribution in [0.1, 0.15) is 18.7 Å². The van der Waals surface area contributed by atoms with E-state index in [4.69, 9.17) is 4.74 Å². The number of aromatic nitrogens is 3. The van der Waals surface area contributed by atoms with E-state index in [-0.39, 0.29) is 18.0 Å². The number of thiazole rings is 1. The molecular formula is C24H22N4O3S. The predicted octanol–water partition coefficient (Wildman–Crippen LogP) is 3.92. The third kappa shape index (κ3) is 4.76. The molecule has 0 fully saturated rings. The van der Waals surface area contributed by atoms with Crippen LogP contribution in [0, 0.1) is 0 Å². The fourth-order valence-corrected chi connectivity index (χ4v) is 3.98. The fraction of sp³-hybridized carbons (Fsp3) is 0.167. The summed E-state index contributed by atoms with van der Waals surface area (Å²) >= 11 is 1.50. The molecule has 2 heterocycles. The SMILES string of the molecule is COc1ccc(-c2nc(CNC(=O)[C@@H](C)n3nc(-c4ccccc4)ccc3=O)cs2)cc1. The lowest BCUT2D eigenvalue weighted by Crippen LogP contribution is -2.36. The van der Waals surface area contributed by atoms with E-state index >= 15 is 0 Å². The first kappa shape index (κ1) is 21.5. The summed E-state index contributed by atoms with van der Waals surface area (Å²) in [6, 6.07) is 19.5. The average molecular weight is 447 g/mol. The van der Waals surface area contributed by atoms with Gasteiger partial charge in [-0.1, -0.05) is 30.3 Å². The standard InChI is InChI=1S/C24H22N4O3S/c1-16(28-22(29)13-12-21(27-28)17-6-4-3-5-7-17)23(30)25-14-19-15-32-24(26-19)18-8-10-20(31-2)11-9-18/h3-13,15-16H,14H2,1-2H3,(H,25,30)/t16-/m1/s1. The Morgan fingerprint density at radius 1 is 1.06 bits per heavy atom. The van der Waals surface area contributed by atoms with Crippen molar-refractivity contribution in [1.82, 2.24) is 20.1 Å². The van der Waals surface area contributed by atoms with Crippen LogP contribution in [0.5, 0.6) is 5.75 Å². The largest absolute Gasteiger partial charge is 0.497 e. The van der Waals surface area contributed by atoms with Gasteiger partial charge in [-0.3, -0.25) is 9.59 Å². The lowest BCUT2D eigenvalue weighted by atomic mass is 10.1. The Morgan fingerprint density at radius 3 is 2.53 bits per heavy atom. The average Bonchev–Trinajstić information content (AvgIpc) is 3.32. The van der Waals surface area contributed by atoms with Gasteiger partial charge < -0.3 is 10.1 Å². The molecule has 0 radical (unpaired) electrons. The molecule has 0 spiro atoms. The maximum absolute atomic E-state index is 12.7. The van der Waals surface area contributed by atoms with E-state index in [0.29, 0.717) is 5.69 Å². The van der Waals surface area contributed by atoms with E-state index < -0.39 is 6.04 Å². The van der Waals surface area contributed by atoms with Gasteiger partial charge in [0.05, 0.1) is 25.0 Å². The Balaban J connectivity index is 1.43. The molecule has 162 valence electrons. The number of carbonyl (C=O) groups excluding carboxylic acids is 1. The number of hydrogen-bond acceptors (Lipinski definition) is 6. The minimum atomic E-state index is -0.758. The second-order valence-corrected chi connectivity index (χ2v) is 7.99. The van der Waals surface area contributed by atoms with Gasteiger partial charge in [-0.15, -0.1) is 11.3 Å². The quantitative estimate of drug-likeness (QED) is 0.465. The van der Waals surface area contributed by atoms with Gasteiger partial charge in [-0.2, -0.15) is 5.10 Å². The smallest absolute Gasteiger partial charge is 0.267 e. The van der Waals surface area contributed by atoms with E-state index in [9.17, 15) is 9.59 Å². The van der Waals surface area contributed by atoms with Crippen molar-refractivity contribution in [3.05, 3.63) is 88.2 Å². The molecule has 0 bridgehead atoms. The molecule has 8 heteroatoms. The number of nitrogens with zero attached hydrogens (tertiary/aromatic N) is 3. The number of nitrogens with one attached hydrogen (secondary N) is 1. The maximum Gasteiger partial charge on any atom is 0.267 e. The molecule has 0 saturated carbocycles. The van der Waals surface area contributed by atoms with Crippen LogP contribution in [0.25, 0.3) is 21.8 Å². The topological polar surface area (TPSA) is 86.1 Å². The molecule has 32 heavy (non-hydrogen) atoms. The van der Waals surface area contributed by atoms with Crippen molar-refractivity contribution >= 4 is 17.2 Å². The molecule has 1 amide bonds. The van der Waals surface area contributed by atoms with Crippen LogP contribution in [0.3, 0.4) is 0 Å².